The van der Waals surface area contributed by atoms with Crippen LogP contribution in [0.3, 0.4) is 0 Å². The summed E-state index contributed by atoms with van der Waals surface area (Å²) in [5, 5.41) is 20.2. The van der Waals surface area contributed by atoms with E-state index in [9.17, 15) is 23.5 Å². The Bertz CT molecular complexity index is 990. The lowest BCUT2D eigenvalue weighted by Gasteiger charge is -2.56. The second kappa shape index (κ2) is 8.67. The number of carbonyl (C=O) groups excluding carboxylic acids is 2. The van der Waals surface area contributed by atoms with Crippen molar-refractivity contribution in [2.45, 2.75) is 55.7 Å². The monoisotopic (exact) mass is 469 g/mol. The third-order valence-electron chi connectivity index (χ3n) is 6.25. The highest BCUT2D eigenvalue weighted by atomic mass is 35.5. The van der Waals surface area contributed by atoms with Gasteiger partial charge in [-0.2, -0.15) is 0 Å². The van der Waals surface area contributed by atoms with E-state index in [0.29, 0.717) is 36.5 Å². The number of carbonyl (C=O) groups is 2. The Morgan fingerprint density at radius 1 is 1.22 bits per heavy atom. The number of aliphatic hydroxyl groups excluding tert-OH is 1. The number of ether oxygens (including phenoxy) is 1. The van der Waals surface area contributed by atoms with Gasteiger partial charge in [0.05, 0.1) is 11.6 Å². The molecule has 3 N–H and O–H groups in total. The molecular formula is C21H22ClF2N3O5. The summed E-state index contributed by atoms with van der Waals surface area (Å²) < 4.78 is 35.5. The number of rotatable bonds is 7. The number of nitrogens with zero attached hydrogens (tertiary/aromatic N) is 1. The first-order chi connectivity index (χ1) is 15.2. The predicted molar refractivity (Wildman–Crippen MR) is 109 cm³/mol. The van der Waals surface area contributed by atoms with E-state index < -0.39 is 35.2 Å². The van der Waals surface area contributed by atoms with Crippen LogP contribution in [0, 0.1) is 0 Å². The average molecular weight is 470 g/mol. The van der Waals surface area contributed by atoms with E-state index in [4.69, 9.17) is 20.9 Å². The molecule has 0 aliphatic heterocycles. The van der Waals surface area contributed by atoms with Crippen molar-refractivity contribution in [2.24, 2.45) is 0 Å². The maximum absolute atomic E-state index is 12.7. The normalized spacial score (nSPS) is 26.7. The zero-order chi connectivity index (χ0) is 22.9. The number of aliphatic hydroxyl groups is 1. The summed E-state index contributed by atoms with van der Waals surface area (Å²) in [6.07, 6.45) is -1.62. The minimum absolute atomic E-state index is 0.212. The number of halogens is 3. The number of nitrogens with one attached hydrogen (secondary N) is 2. The number of benzene rings is 1. The van der Waals surface area contributed by atoms with Gasteiger partial charge in [-0.05, 0) is 56.4 Å². The molecule has 8 nitrogen and oxygen atoms in total. The van der Waals surface area contributed by atoms with Crippen LogP contribution in [0.5, 0.6) is 5.75 Å². The van der Waals surface area contributed by atoms with Crippen molar-refractivity contribution in [1.29, 1.82) is 0 Å². The molecule has 2 bridgehead atoms. The minimum Gasteiger partial charge on any atom is -0.484 e. The Labute approximate surface area is 187 Å². The van der Waals surface area contributed by atoms with E-state index in [2.05, 4.69) is 15.8 Å². The zero-order valence-electron chi connectivity index (χ0n) is 16.9. The van der Waals surface area contributed by atoms with Gasteiger partial charge in [0.15, 0.2) is 12.3 Å². The van der Waals surface area contributed by atoms with Crippen molar-refractivity contribution < 1.29 is 32.7 Å². The third kappa shape index (κ3) is 4.56. The Hall–Kier alpha value is -2.72. The van der Waals surface area contributed by atoms with Gasteiger partial charge in [-0.25, -0.2) is 8.78 Å². The first-order valence-electron chi connectivity index (χ1n) is 10.2. The largest absolute Gasteiger partial charge is 0.484 e. The summed E-state index contributed by atoms with van der Waals surface area (Å²) in [7, 11) is 0. The van der Waals surface area contributed by atoms with E-state index in [1.165, 1.54) is 0 Å². The van der Waals surface area contributed by atoms with Gasteiger partial charge in [0, 0.05) is 16.6 Å². The van der Waals surface area contributed by atoms with Gasteiger partial charge in [-0.1, -0.05) is 16.8 Å². The molecule has 0 radical (unpaired) electrons. The van der Waals surface area contributed by atoms with Crippen molar-refractivity contribution in [3.63, 3.8) is 0 Å². The summed E-state index contributed by atoms with van der Waals surface area (Å²) in [5.74, 6) is -0.830. The summed E-state index contributed by atoms with van der Waals surface area (Å²) in [5.41, 5.74) is -2.12. The summed E-state index contributed by atoms with van der Waals surface area (Å²) in [4.78, 5) is 24.9. The lowest BCUT2D eigenvalue weighted by molar-refractivity contribution is -0.132. The molecule has 3 aliphatic carbocycles. The molecule has 2 amide bonds. The standard InChI is InChI=1S/C21H22ClF2N3O5/c22-12-1-3-13(4-2-12)31-11-17(29)25-21-7-5-20(6-8-21,10-16(21)28)26-19(30)15-9-14(18(23)24)27-32-15/h1-4,9,16,18,28H,5-8,10-11H2,(H,25,29)(H,26,30)/t16-,20?,21?/m0/s1. The molecule has 0 unspecified atom stereocenters. The summed E-state index contributed by atoms with van der Waals surface area (Å²) in [6.45, 7) is -0.212. The van der Waals surface area contributed by atoms with Crippen LogP contribution >= 0.6 is 11.6 Å². The maximum atomic E-state index is 12.7. The average Bonchev–Trinajstić information content (AvgIpc) is 3.26. The van der Waals surface area contributed by atoms with E-state index in [0.717, 1.165) is 6.07 Å². The van der Waals surface area contributed by atoms with E-state index in [-0.39, 0.29) is 24.7 Å². The van der Waals surface area contributed by atoms with Crippen LogP contribution in [0.15, 0.2) is 34.9 Å². The molecule has 3 aliphatic rings. The summed E-state index contributed by atoms with van der Waals surface area (Å²) >= 11 is 5.82. The quantitative estimate of drug-likeness (QED) is 0.574. The molecule has 32 heavy (non-hydrogen) atoms. The predicted octanol–water partition coefficient (Wildman–Crippen LogP) is 3.01. The number of hydrogen-bond donors (Lipinski definition) is 3. The molecule has 1 heterocycles. The molecular weight excluding hydrogens is 448 g/mol. The Morgan fingerprint density at radius 3 is 2.50 bits per heavy atom. The van der Waals surface area contributed by atoms with Crippen LogP contribution in [-0.4, -0.2) is 45.9 Å². The molecule has 1 atom stereocenters. The van der Waals surface area contributed by atoms with Crippen LogP contribution in [0.4, 0.5) is 8.78 Å². The van der Waals surface area contributed by atoms with Gasteiger partial charge in [-0.15, -0.1) is 0 Å². The topological polar surface area (TPSA) is 114 Å². The molecule has 5 rings (SSSR count). The second-order valence-electron chi connectivity index (χ2n) is 8.32. The minimum atomic E-state index is -2.84. The molecule has 1 aromatic heterocycles. The molecule has 3 saturated carbocycles. The fourth-order valence-corrected chi connectivity index (χ4v) is 4.58. The highest BCUT2D eigenvalue weighted by Gasteiger charge is 2.55. The maximum Gasteiger partial charge on any atom is 0.290 e. The molecule has 2 aromatic rings. The highest BCUT2D eigenvalue weighted by Crippen LogP contribution is 2.47. The lowest BCUT2D eigenvalue weighted by atomic mass is 9.60. The van der Waals surface area contributed by atoms with Crippen molar-refractivity contribution in [2.75, 3.05) is 6.61 Å². The van der Waals surface area contributed by atoms with Gasteiger partial charge in [0.25, 0.3) is 18.2 Å². The Balaban J connectivity index is 1.33. The van der Waals surface area contributed by atoms with Crippen LogP contribution in [-0.2, 0) is 4.79 Å². The molecule has 11 heteroatoms. The van der Waals surface area contributed by atoms with Crippen LogP contribution in [0.2, 0.25) is 5.02 Å². The van der Waals surface area contributed by atoms with Crippen LogP contribution in [0.25, 0.3) is 0 Å². The third-order valence-corrected chi connectivity index (χ3v) is 6.50. The van der Waals surface area contributed by atoms with Crippen LogP contribution in [0.1, 0.15) is 54.8 Å². The van der Waals surface area contributed by atoms with Gasteiger partial charge >= 0.3 is 0 Å². The number of amides is 2. The van der Waals surface area contributed by atoms with E-state index in [1.807, 2.05) is 0 Å². The number of alkyl halides is 2. The second-order valence-corrected chi connectivity index (χ2v) is 8.75. The van der Waals surface area contributed by atoms with Gasteiger partial charge in [-0.3, -0.25) is 9.59 Å². The molecule has 3 fully saturated rings. The highest BCUT2D eigenvalue weighted by molar-refractivity contribution is 6.30. The van der Waals surface area contributed by atoms with E-state index in [1.54, 1.807) is 24.3 Å². The number of fused-ring (bicyclic) bond motifs is 3. The van der Waals surface area contributed by atoms with Gasteiger partial charge in [0.2, 0.25) is 5.76 Å². The van der Waals surface area contributed by atoms with E-state index >= 15 is 0 Å². The zero-order valence-corrected chi connectivity index (χ0v) is 17.7. The first-order valence-corrected chi connectivity index (χ1v) is 10.5. The fraction of sp³-hybridized carbons (Fsp3) is 0.476. The molecule has 172 valence electrons. The van der Waals surface area contributed by atoms with Crippen molar-refractivity contribution in [3.8, 4) is 5.75 Å². The smallest absolute Gasteiger partial charge is 0.290 e. The first kappa shape index (κ1) is 22.5. The van der Waals surface area contributed by atoms with Gasteiger partial charge in [0.1, 0.15) is 5.75 Å². The number of aromatic nitrogens is 1. The molecule has 0 saturated heterocycles. The Kier molecular flexibility index (Phi) is 6.09. The SMILES string of the molecule is O=C(COc1ccc(Cl)cc1)NC12CCC(NC(=O)c3cc(C(F)F)no3)(CC1)C[C@@H]2O. The van der Waals surface area contributed by atoms with Crippen molar-refractivity contribution >= 4 is 23.4 Å². The molecule has 0 spiro atoms. The fourth-order valence-electron chi connectivity index (χ4n) is 4.46. The summed E-state index contributed by atoms with van der Waals surface area (Å²) in [6, 6.07) is 7.52. The van der Waals surface area contributed by atoms with Crippen molar-refractivity contribution in [3.05, 3.63) is 46.8 Å². The number of hydrogen-bond acceptors (Lipinski definition) is 6. The lowest BCUT2D eigenvalue weighted by Crippen LogP contribution is -2.70. The molecule has 1 aromatic carbocycles. The van der Waals surface area contributed by atoms with Gasteiger partial charge < -0.3 is 25.0 Å². The van der Waals surface area contributed by atoms with Crippen molar-refractivity contribution in [1.82, 2.24) is 15.8 Å². The Morgan fingerprint density at radius 2 is 1.91 bits per heavy atom. The van der Waals surface area contributed by atoms with Crippen LogP contribution < -0.4 is 15.4 Å².